The van der Waals surface area contributed by atoms with Crippen LogP contribution < -0.4 is 4.90 Å². The Morgan fingerprint density at radius 2 is 1.88 bits per heavy atom. The minimum atomic E-state index is 0.669. The number of hydrogen-bond donors (Lipinski definition) is 0. The largest absolute Gasteiger partial charge is 0.450 e. The van der Waals surface area contributed by atoms with E-state index in [-0.39, 0.29) is 0 Å². The number of anilines is 1. The maximum Gasteiger partial charge on any atom is 0.196 e. The van der Waals surface area contributed by atoms with Crippen molar-refractivity contribution in [2.75, 3.05) is 11.9 Å². The van der Waals surface area contributed by atoms with Crippen LogP contribution in [0.3, 0.4) is 0 Å². The Bertz CT molecular complexity index is 1180. The van der Waals surface area contributed by atoms with Crippen LogP contribution >= 0.6 is 11.3 Å². The first kappa shape index (κ1) is 14.4. The zero-order valence-electron chi connectivity index (χ0n) is 13.5. The first-order chi connectivity index (χ1) is 12.3. The van der Waals surface area contributed by atoms with Crippen LogP contribution in [0.1, 0.15) is 5.01 Å². The number of rotatable bonds is 3. The molecule has 0 aliphatic carbocycles. The molecule has 0 amide bonds. The van der Waals surface area contributed by atoms with E-state index in [1.54, 1.807) is 17.7 Å². The van der Waals surface area contributed by atoms with Crippen LogP contribution in [-0.4, -0.2) is 22.0 Å². The third-order valence-electron chi connectivity index (χ3n) is 4.21. The molecule has 0 radical (unpaired) electrons. The van der Waals surface area contributed by atoms with Crippen LogP contribution in [-0.2, 0) is 6.54 Å². The molecule has 0 N–H and O–H groups in total. The van der Waals surface area contributed by atoms with Crippen molar-refractivity contribution >= 4 is 49.4 Å². The lowest BCUT2D eigenvalue weighted by Crippen LogP contribution is -2.17. The van der Waals surface area contributed by atoms with Gasteiger partial charge in [-0.1, -0.05) is 24.3 Å². The predicted molar refractivity (Wildman–Crippen MR) is 101 cm³/mol. The van der Waals surface area contributed by atoms with Crippen molar-refractivity contribution in [3.05, 3.63) is 59.9 Å². The Hall–Kier alpha value is -2.99. The quantitative estimate of drug-likeness (QED) is 0.477. The van der Waals surface area contributed by atoms with Gasteiger partial charge in [-0.2, -0.15) is 0 Å². The van der Waals surface area contributed by atoms with Gasteiger partial charge < -0.3 is 9.32 Å². The van der Waals surface area contributed by atoms with E-state index in [4.69, 9.17) is 9.40 Å². The van der Waals surface area contributed by atoms with Crippen molar-refractivity contribution in [3.63, 3.8) is 0 Å². The van der Waals surface area contributed by atoms with Crippen LogP contribution in [0.4, 0.5) is 5.82 Å². The fraction of sp³-hybridized carbons (Fsp3) is 0.105. The highest BCUT2D eigenvalue weighted by molar-refractivity contribution is 7.18. The predicted octanol–water partition coefficient (Wildman–Crippen LogP) is 4.62. The highest BCUT2D eigenvalue weighted by Crippen LogP contribution is 2.32. The maximum absolute atomic E-state index is 6.02. The lowest BCUT2D eigenvalue weighted by atomic mass is 10.2. The SMILES string of the molecule is CN(Cc1nc2ccccc2s1)c1ncnc2c1oc1ccccc12. The summed E-state index contributed by atoms with van der Waals surface area (Å²) in [7, 11) is 2.00. The summed E-state index contributed by atoms with van der Waals surface area (Å²) in [6, 6.07) is 16.1. The standard InChI is InChI=1S/C19H14N4OS/c1-23(10-16-22-13-7-3-5-9-15(13)25-16)19-18-17(20-11-21-19)12-6-2-4-8-14(12)24-18/h2-9,11H,10H2,1H3. The van der Waals surface area contributed by atoms with E-state index < -0.39 is 0 Å². The van der Waals surface area contributed by atoms with Crippen LogP contribution in [0.2, 0.25) is 0 Å². The molecule has 5 rings (SSSR count). The van der Waals surface area contributed by atoms with Gasteiger partial charge in [0.2, 0.25) is 0 Å². The van der Waals surface area contributed by atoms with Gasteiger partial charge >= 0.3 is 0 Å². The summed E-state index contributed by atoms with van der Waals surface area (Å²) in [5.41, 5.74) is 3.42. The topological polar surface area (TPSA) is 55.1 Å². The molecule has 5 nitrogen and oxygen atoms in total. The van der Waals surface area contributed by atoms with E-state index in [0.29, 0.717) is 12.1 Å². The molecule has 0 aliphatic rings. The molecule has 0 unspecified atom stereocenters. The Morgan fingerprint density at radius 3 is 2.80 bits per heavy atom. The molecule has 0 atom stereocenters. The van der Waals surface area contributed by atoms with Gasteiger partial charge in [0, 0.05) is 12.4 Å². The molecule has 25 heavy (non-hydrogen) atoms. The molecule has 0 fully saturated rings. The van der Waals surface area contributed by atoms with Gasteiger partial charge in [0.25, 0.3) is 0 Å². The van der Waals surface area contributed by atoms with Crippen molar-refractivity contribution in [2.24, 2.45) is 0 Å². The summed E-state index contributed by atoms with van der Waals surface area (Å²) in [6.45, 7) is 0.669. The van der Waals surface area contributed by atoms with Gasteiger partial charge in [-0.25, -0.2) is 15.0 Å². The second-order valence-corrected chi connectivity index (χ2v) is 7.02. The summed E-state index contributed by atoms with van der Waals surface area (Å²) >= 11 is 1.70. The zero-order valence-corrected chi connectivity index (χ0v) is 14.3. The van der Waals surface area contributed by atoms with E-state index in [9.17, 15) is 0 Å². The average molecular weight is 346 g/mol. The Balaban J connectivity index is 1.57. The van der Waals surface area contributed by atoms with Gasteiger partial charge in [-0.05, 0) is 24.3 Å². The summed E-state index contributed by atoms with van der Waals surface area (Å²) < 4.78 is 7.21. The summed E-state index contributed by atoms with van der Waals surface area (Å²) in [5, 5.41) is 2.06. The Kier molecular flexibility index (Phi) is 3.18. The average Bonchev–Trinajstić information content (AvgIpc) is 3.21. The van der Waals surface area contributed by atoms with Gasteiger partial charge in [-0.15, -0.1) is 11.3 Å². The van der Waals surface area contributed by atoms with E-state index >= 15 is 0 Å². The normalized spacial score (nSPS) is 11.6. The molecule has 0 aliphatic heterocycles. The van der Waals surface area contributed by atoms with Crippen LogP contribution in [0.15, 0.2) is 59.3 Å². The van der Waals surface area contributed by atoms with Gasteiger partial charge in [0.05, 0.1) is 16.8 Å². The van der Waals surface area contributed by atoms with E-state index in [2.05, 4.69) is 20.9 Å². The second-order valence-electron chi connectivity index (χ2n) is 5.90. The van der Waals surface area contributed by atoms with E-state index in [0.717, 1.165) is 32.8 Å². The molecule has 6 heteroatoms. The molecule has 5 aromatic rings. The zero-order chi connectivity index (χ0) is 16.8. The second kappa shape index (κ2) is 5.53. The summed E-state index contributed by atoms with van der Waals surface area (Å²) in [4.78, 5) is 15.6. The molecule has 0 saturated carbocycles. The number of furan rings is 1. The highest BCUT2D eigenvalue weighted by Gasteiger charge is 2.17. The lowest BCUT2D eigenvalue weighted by molar-refractivity contribution is 0.662. The van der Waals surface area contributed by atoms with Gasteiger partial charge in [0.1, 0.15) is 22.4 Å². The molecule has 122 valence electrons. The number of thiazole rings is 1. The lowest BCUT2D eigenvalue weighted by Gasteiger charge is -2.16. The fourth-order valence-corrected chi connectivity index (χ4v) is 4.07. The molecule has 0 saturated heterocycles. The van der Waals surface area contributed by atoms with Crippen molar-refractivity contribution in [1.82, 2.24) is 15.0 Å². The first-order valence-electron chi connectivity index (χ1n) is 7.97. The van der Waals surface area contributed by atoms with E-state index in [1.165, 1.54) is 4.70 Å². The third-order valence-corrected chi connectivity index (χ3v) is 5.23. The van der Waals surface area contributed by atoms with Gasteiger partial charge in [0.15, 0.2) is 11.4 Å². The number of benzene rings is 2. The molecule has 2 aromatic carbocycles. The van der Waals surface area contributed by atoms with Crippen LogP contribution in [0, 0.1) is 0 Å². The Labute approximate surface area is 147 Å². The number of hydrogen-bond acceptors (Lipinski definition) is 6. The van der Waals surface area contributed by atoms with Gasteiger partial charge in [-0.3, -0.25) is 0 Å². The number of fused-ring (bicyclic) bond motifs is 4. The van der Waals surface area contributed by atoms with Crippen LogP contribution in [0.5, 0.6) is 0 Å². The number of nitrogens with zero attached hydrogens (tertiary/aromatic N) is 4. The van der Waals surface area contributed by atoms with Crippen molar-refractivity contribution in [3.8, 4) is 0 Å². The summed E-state index contributed by atoms with van der Waals surface area (Å²) in [5.74, 6) is 0.778. The van der Waals surface area contributed by atoms with Crippen molar-refractivity contribution < 1.29 is 4.42 Å². The maximum atomic E-state index is 6.02. The monoisotopic (exact) mass is 346 g/mol. The van der Waals surface area contributed by atoms with E-state index in [1.807, 2.05) is 49.5 Å². The molecular weight excluding hydrogens is 332 g/mol. The van der Waals surface area contributed by atoms with Crippen molar-refractivity contribution in [1.29, 1.82) is 0 Å². The minimum absolute atomic E-state index is 0.669. The van der Waals surface area contributed by atoms with Crippen molar-refractivity contribution in [2.45, 2.75) is 6.54 Å². The molecule has 3 heterocycles. The Morgan fingerprint density at radius 1 is 1.04 bits per heavy atom. The fourth-order valence-electron chi connectivity index (χ4n) is 3.05. The third kappa shape index (κ3) is 2.34. The number of aromatic nitrogens is 3. The highest BCUT2D eigenvalue weighted by atomic mass is 32.1. The summed E-state index contributed by atoms with van der Waals surface area (Å²) in [6.07, 6.45) is 1.59. The molecule has 3 aromatic heterocycles. The molecular formula is C19H14N4OS. The number of para-hydroxylation sites is 2. The van der Waals surface area contributed by atoms with Crippen LogP contribution in [0.25, 0.3) is 32.3 Å². The minimum Gasteiger partial charge on any atom is -0.450 e. The first-order valence-corrected chi connectivity index (χ1v) is 8.79. The molecule has 0 bridgehead atoms. The smallest absolute Gasteiger partial charge is 0.196 e. The molecule has 0 spiro atoms.